The van der Waals surface area contributed by atoms with Crippen molar-refractivity contribution in [3.8, 4) is 11.5 Å². The Morgan fingerprint density at radius 2 is 2.19 bits per heavy atom. The Morgan fingerprint density at radius 3 is 2.75 bits per heavy atom. The lowest BCUT2D eigenvalue weighted by atomic mass is 10.2. The van der Waals surface area contributed by atoms with Gasteiger partial charge in [-0.15, -0.1) is 0 Å². The van der Waals surface area contributed by atoms with Gasteiger partial charge in [0.2, 0.25) is 0 Å². The molecule has 1 heterocycles. The Bertz CT molecular complexity index is 380. The second kappa shape index (κ2) is 4.57. The first kappa shape index (κ1) is 11.0. The minimum atomic E-state index is -0.475. The number of rotatable bonds is 4. The lowest BCUT2D eigenvalue weighted by molar-refractivity contribution is -0.0794. The molecule has 1 aromatic rings. The van der Waals surface area contributed by atoms with Crippen molar-refractivity contribution in [3.63, 3.8) is 0 Å². The average molecular weight is 227 g/mol. The molecule has 1 saturated heterocycles. The first-order valence-electron chi connectivity index (χ1n) is 5.17. The van der Waals surface area contributed by atoms with Crippen LogP contribution in [0.3, 0.4) is 0 Å². The zero-order valence-electron chi connectivity index (χ0n) is 9.03. The number of halogens is 1. The summed E-state index contributed by atoms with van der Waals surface area (Å²) in [6.45, 7) is 3.27. The summed E-state index contributed by atoms with van der Waals surface area (Å²) in [5, 5.41) is 0. The zero-order valence-corrected chi connectivity index (χ0v) is 9.03. The van der Waals surface area contributed by atoms with Crippen molar-refractivity contribution in [3.05, 3.63) is 17.9 Å². The molecule has 0 spiro atoms. The smallest absolute Gasteiger partial charge is 0.167 e. The third-order valence-corrected chi connectivity index (χ3v) is 2.27. The largest absolute Gasteiger partial charge is 0.491 e. The van der Waals surface area contributed by atoms with Crippen LogP contribution in [0.25, 0.3) is 0 Å². The highest BCUT2D eigenvalue weighted by molar-refractivity contribution is 5.56. The summed E-state index contributed by atoms with van der Waals surface area (Å²) >= 11 is 0. The van der Waals surface area contributed by atoms with Crippen LogP contribution >= 0.6 is 0 Å². The topological polar surface area (TPSA) is 53.7 Å². The average Bonchev–Trinajstić information content (AvgIpc) is 2.18. The second-order valence-corrected chi connectivity index (χ2v) is 3.53. The van der Waals surface area contributed by atoms with E-state index in [9.17, 15) is 4.39 Å². The first-order chi connectivity index (χ1) is 7.70. The molecule has 88 valence electrons. The standard InChI is InChI=1S/C11H14FNO3/c1-2-15-10-4-11(9(13)3-8(10)12)16-7-5-14-6-7/h3-4,7H,2,5-6,13H2,1H3. The third kappa shape index (κ3) is 2.19. The van der Waals surface area contributed by atoms with E-state index in [-0.39, 0.29) is 17.5 Å². The number of nitrogen functional groups attached to an aromatic ring is 1. The van der Waals surface area contributed by atoms with E-state index < -0.39 is 5.82 Å². The first-order valence-corrected chi connectivity index (χ1v) is 5.17. The molecule has 1 fully saturated rings. The second-order valence-electron chi connectivity index (χ2n) is 3.53. The molecule has 0 radical (unpaired) electrons. The van der Waals surface area contributed by atoms with Crippen LogP contribution in [-0.2, 0) is 4.74 Å². The molecule has 0 aliphatic carbocycles. The minimum Gasteiger partial charge on any atom is -0.491 e. The van der Waals surface area contributed by atoms with Crippen LogP contribution in [0.2, 0.25) is 0 Å². The SMILES string of the molecule is CCOc1cc(OC2COC2)c(N)cc1F. The van der Waals surface area contributed by atoms with Crippen LogP contribution in [0, 0.1) is 5.82 Å². The van der Waals surface area contributed by atoms with Gasteiger partial charge in [-0.2, -0.15) is 0 Å². The molecule has 4 nitrogen and oxygen atoms in total. The molecule has 0 aromatic heterocycles. The quantitative estimate of drug-likeness (QED) is 0.793. The van der Waals surface area contributed by atoms with E-state index >= 15 is 0 Å². The van der Waals surface area contributed by atoms with E-state index in [2.05, 4.69) is 0 Å². The maximum atomic E-state index is 13.4. The van der Waals surface area contributed by atoms with Gasteiger partial charge in [0.15, 0.2) is 11.6 Å². The Morgan fingerprint density at radius 1 is 1.44 bits per heavy atom. The fraction of sp³-hybridized carbons (Fsp3) is 0.455. The molecule has 0 atom stereocenters. The summed E-state index contributed by atoms with van der Waals surface area (Å²) in [6, 6.07) is 2.69. The number of benzene rings is 1. The monoisotopic (exact) mass is 227 g/mol. The normalized spacial score (nSPS) is 15.6. The maximum Gasteiger partial charge on any atom is 0.167 e. The van der Waals surface area contributed by atoms with Gasteiger partial charge in [-0.3, -0.25) is 0 Å². The Kier molecular flexibility index (Phi) is 3.14. The summed E-state index contributed by atoms with van der Waals surface area (Å²) in [5.41, 5.74) is 5.92. The highest BCUT2D eigenvalue weighted by atomic mass is 19.1. The van der Waals surface area contributed by atoms with Crippen LogP contribution in [0.1, 0.15) is 6.92 Å². The van der Waals surface area contributed by atoms with E-state index in [4.69, 9.17) is 19.9 Å². The number of nitrogens with two attached hydrogens (primary N) is 1. The van der Waals surface area contributed by atoms with Gasteiger partial charge in [-0.05, 0) is 6.92 Å². The van der Waals surface area contributed by atoms with Crippen molar-refractivity contribution in [2.45, 2.75) is 13.0 Å². The minimum absolute atomic E-state index is 0.00207. The molecule has 16 heavy (non-hydrogen) atoms. The summed E-state index contributed by atoms with van der Waals surface area (Å²) in [6.07, 6.45) is 0.00207. The van der Waals surface area contributed by atoms with E-state index in [0.29, 0.717) is 25.6 Å². The van der Waals surface area contributed by atoms with Gasteiger partial charge >= 0.3 is 0 Å². The zero-order chi connectivity index (χ0) is 11.5. The van der Waals surface area contributed by atoms with Crippen molar-refractivity contribution in [1.29, 1.82) is 0 Å². The summed E-state index contributed by atoms with van der Waals surface area (Å²) in [7, 11) is 0. The molecule has 0 saturated carbocycles. The van der Waals surface area contributed by atoms with Gasteiger partial charge in [0.05, 0.1) is 25.5 Å². The number of anilines is 1. The fourth-order valence-electron chi connectivity index (χ4n) is 1.38. The lowest BCUT2D eigenvalue weighted by Crippen LogP contribution is -2.38. The highest BCUT2D eigenvalue weighted by Crippen LogP contribution is 2.31. The van der Waals surface area contributed by atoms with Crippen molar-refractivity contribution < 1.29 is 18.6 Å². The van der Waals surface area contributed by atoms with Crippen LogP contribution in [-0.4, -0.2) is 25.9 Å². The number of hydrogen-bond donors (Lipinski definition) is 1. The van der Waals surface area contributed by atoms with Crippen molar-refractivity contribution >= 4 is 5.69 Å². The lowest BCUT2D eigenvalue weighted by Gasteiger charge is -2.27. The van der Waals surface area contributed by atoms with E-state index in [1.165, 1.54) is 12.1 Å². The van der Waals surface area contributed by atoms with E-state index in [1.54, 1.807) is 6.92 Å². The fourth-order valence-corrected chi connectivity index (χ4v) is 1.38. The molecule has 1 aliphatic rings. The molecule has 2 N–H and O–H groups in total. The summed E-state index contributed by atoms with van der Waals surface area (Å²) < 4.78 is 29.0. The molecule has 1 aromatic carbocycles. The van der Waals surface area contributed by atoms with Crippen molar-refractivity contribution in [1.82, 2.24) is 0 Å². The summed E-state index contributed by atoms with van der Waals surface area (Å²) in [5.74, 6) is 0.127. The molecular weight excluding hydrogens is 213 g/mol. The van der Waals surface area contributed by atoms with Crippen LogP contribution in [0.4, 0.5) is 10.1 Å². The molecular formula is C11H14FNO3. The molecule has 5 heteroatoms. The third-order valence-electron chi connectivity index (χ3n) is 2.27. The van der Waals surface area contributed by atoms with Crippen molar-refractivity contribution in [2.75, 3.05) is 25.6 Å². The molecule has 2 rings (SSSR count). The Labute approximate surface area is 93.1 Å². The maximum absolute atomic E-state index is 13.4. The van der Waals surface area contributed by atoms with Gasteiger partial charge in [-0.25, -0.2) is 4.39 Å². The van der Waals surface area contributed by atoms with Crippen LogP contribution in [0.15, 0.2) is 12.1 Å². The van der Waals surface area contributed by atoms with Gasteiger partial charge < -0.3 is 19.9 Å². The number of hydrogen-bond acceptors (Lipinski definition) is 4. The predicted molar refractivity (Wildman–Crippen MR) is 57.2 cm³/mol. The predicted octanol–water partition coefficient (Wildman–Crippen LogP) is 1.58. The Hall–Kier alpha value is -1.49. The molecule has 1 aliphatic heterocycles. The highest BCUT2D eigenvalue weighted by Gasteiger charge is 2.22. The Balaban J connectivity index is 2.18. The van der Waals surface area contributed by atoms with Crippen molar-refractivity contribution in [2.24, 2.45) is 0 Å². The van der Waals surface area contributed by atoms with E-state index in [0.717, 1.165) is 0 Å². The van der Waals surface area contributed by atoms with Gasteiger partial charge in [-0.1, -0.05) is 0 Å². The number of ether oxygens (including phenoxy) is 3. The van der Waals surface area contributed by atoms with Gasteiger partial charge in [0, 0.05) is 12.1 Å². The summed E-state index contributed by atoms with van der Waals surface area (Å²) in [4.78, 5) is 0. The molecule has 0 unspecified atom stereocenters. The van der Waals surface area contributed by atoms with E-state index in [1.807, 2.05) is 0 Å². The van der Waals surface area contributed by atoms with Crippen LogP contribution in [0.5, 0.6) is 11.5 Å². The van der Waals surface area contributed by atoms with Gasteiger partial charge in [0.25, 0.3) is 0 Å². The van der Waals surface area contributed by atoms with Crippen LogP contribution < -0.4 is 15.2 Å². The molecule has 0 amide bonds. The molecule has 0 bridgehead atoms. The van der Waals surface area contributed by atoms with Gasteiger partial charge in [0.1, 0.15) is 11.9 Å².